The lowest BCUT2D eigenvalue weighted by atomic mass is 10.2. The summed E-state index contributed by atoms with van der Waals surface area (Å²) in [6, 6.07) is 16.0. The van der Waals surface area contributed by atoms with Gasteiger partial charge in [-0.3, -0.25) is 4.90 Å². The Morgan fingerprint density at radius 3 is 2.41 bits per heavy atom. The second-order valence-corrected chi connectivity index (χ2v) is 5.23. The summed E-state index contributed by atoms with van der Waals surface area (Å²) in [5.41, 5.74) is 1.22. The number of halogens is 1. The molecule has 0 spiro atoms. The molecule has 1 atom stereocenters. The number of hydrogen-bond acceptors (Lipinski definition) is 3. The topological polar surface area (TPSA) is 32.7 Å². The van der Waals surface area contributed by atoms with Gasteiger partial charge in [0.1, 0.15) is 24.3 Å². The van der Waals surface area contributed by atoms with E-state index in [9.17, 15) is 9.50 Å². The number of ether oxygens (including phenoxy) is 1. The molecule has 1 unspecified atom stereocenters. The van der Waals surface area contributed by atoms with Crippen molar-refractivity contribution in [3.05, 3.63) is 66.0 Å². The molecule has 0 radical (unpaired) electrons. The van der Waals surface area contributed by atoms with E-state index in [1.54, 1.807) is 12.1 Å². The number of benzene rings is 2. The van der Waals surface area contributed by atoms with Gasteiger partial charge in [-0.25, -0.2) is 4.39 Å². The van der Waals surface area contributed by atoms with Crippen molar-refractivity contribution in [3.8, 4) is 5.75 Å². The van der Waals surface area contributed by atoms with Gasteiger partial charge >= 0.3 is 0 Å². The zero-order chi connectivity index (χ0) is 15.8. The lowest BCUT2D eigenvalue weighted by molar-refractivity contribution is 0.0674. The third-order valence-electron chi connectivity index (χ3n) is 3.42. The minimum Gasteiger partial charge on any atom is -0.491 e. The molecule has 0 aliphatic rings. The number of rotatable bonds is 8. The molecule has 0 bridgehead atoms. The third-order valence-corrected chi connectivity index (χ3v) is 3.42. The van der Waals surface area contributed by atoms with Crippen molar-refractivity contribution in [2.45, 2.75) is 19.6 Å². The maximum absolute atomic E-state index is 12.8. The SMILES string of the molecule is CCN(Cc1ccccc1)CC(O)COc1ccc(F)cc1. The van der Waals surface area contributed by atoms with E-state index in [0.717, 1.165) is 13.1 Å². The van der Waals surface area contributed by atoms with Gasteiger partial charge in [0.05, 0.1) is 0 Å². The smallest absolute Gasteiger partial charge is 0.123 e. The van der Waals surface area contributed by atoms with Gasteiger partial charge in [0.25, 0.3) is 0 Å². The van der Waals surface area contributed by atoms with Crippen molar-refractivity contribution < 1.29 is 14.2 Å². The first-order chi connectivity index (χ1) is 10.7. The van der Waals surface area contributed by atoms with Gasteiger partial charge in [0.15, 0.2) is 0 Å². The molecule has 2 aromatic rings. The molecule has 0 heterocycles. The Morgan fingerprint density at radius 1 is 1.09 bits per heavy atom. The van der Waals surface area contributed by atoms with Gasteiger partial charge in [-0.2, -0.15) is 0 Å². The molecule has 2 rings (SSSR count). The predicted octanol–water partition coefficient (Wildman–Crippen LogP) is 3.09. The van der Waals surface area contributed by atoms with Crippen LogP contribution >= 0.6 is 0 Å². The molecule has 0 fully saturated rings. The van der Waals surface area contributed by atoms with Gasteiger partial charge in [0.2, 0.25) is 0 Å². The Balaban J connectivity index is 1.79. The Bertz CT molecular complexity index is 545. The summed E-state index contributed by atoms with van der Waals surface area (Å²) >= 11 is 0. The molecule has 0 amide bonds. The number of nitrogens with zero attached hydrogens (tertiary/aromatic N) is 1. The van der Waals surface area contributed by atoms with E-state index in [2.05, 4.69) is 24.0 Å². The molecule has 3 nitrogen and oxygen atoms in total. The quantitative estimate of drug-likeness (QED) is 0.813. The second-order valence-electron chi connectivity index (χ2n) is 5.23. The predicted molar refractivity (Wildman–Crippen MR) is 85.3 cm³/mol. The van der Waals surface area contributed by atoms with Crippen LogP contribution in [0.5, 0.6) is 5.75 Å². The first-order valence-electron chi connectivity index (χ1n) is 7.50. The maximum Gasteiger partial charge on any atom is 0.123 e. The van der Waals surface area contributed by atoms with E-state index in [-0.39, 0.29) is 12.4 Å². The zero-order valence-electron chi connectivity index (χ0n) is 12.8. The van der Waals surface area contributed by atoms with Gasteiger partial charge < -0.3 is 9.84 Å². The Hall–Kier alpha value is -1.91. The summed E-state index contributed by atoms with van der Waals surface area (Å²) < 4.78 is 18.3. The normalized spacial score (nSPS) is 12.4. The van der Waals surface area contributed by atoms with E-state index in [0.29, 0.717) is 12.3 Å². The number of aliphatic hydroxyl groups is 1. The molecule has 4 heteroatoms. The van der Waals surface area contributed by atoms with Gasteiger partial charge in [-0.15, -0.1) is 0 Å². The summed E-state index contributed by atoms with van der Waals surface area (Å²) in [5.74, 6) is 0.263. The van der Waals surface area contributed by atoms with Crippen molar-refractivity contribution in [1.29, 1.82) is 0 Å². The average Bonchev–Trinajstić information content (AvgIpc) is 2.54. The fourth-order valence-electron chi connectivity index (χ4n) is 2.22. The van der Waals surface area contributed by atoms with Crippen LogP contribution < -0.4 is 4.74 Å². The summed E-state index contributed by atoms with van der Waals surface area (Å²) in [5, 5.41) is 10.1. The highest BCUT2D eigenvalue weighted by Crippen LogP contribution is 2.12. The van der Waals surface area contributed by atoms with Crippen LogP contribution in [0, 0.1) is 5.82 Å². The number of hydrogen-bond donors (Lipinski definition) is 1. The molecule has 1 N–H and O–H groups in total. The van der Waals surface area contributed by atoms with Gasteiger partial charge in [-0.1, -0.05) is 37.3 Å². The fourth-order valence-corrected chi connectivity index (χ4v) is 2.22. The second kappa shape index (κ2) is 8.51. The van der Waals surface area contributed by atoms with Crippen molar-refractivity contribution in [2.24, 2.45) is 0 Å². The first-order valence-corrected chi connectivity index (χ1v) is 7.50. The number of likely N-dealkylation sites (N-methyl/N-ethyl adjacent to an activating group) is 1. The van der Waals surface area contributed by atoms with Crippen molar-refractivity contribution >= 4 is 0 Å². The van der Waals surface area contributed by atoms with Crippen LogP contribution in [-0.4, -0.2) is 35.8 Å². The largest absolute Gasteiger partial charge is 0.491 e. The molecular formula is C18H22FNO2. The minimum absolute atomic E-state index is 0.191. The van der Waals surface area contributed by atoms with Crippen molar-refractivity contribution in [2.75, 3.05) is 19.7 Å². The summed E-state index contributed by atoms with van der Waals surface area (Å²) in [4.78, 5) is 2.16. The van der Waals surface area contributed by atoms with Gasteiger partial charge in [0, 0.05) is 13.1 Å². The molecule has 0 aliphatic heterocycles. The van der Waals surface area contributed by atoms with Crippen LogP contribution in [0.15, 0.2) is 54.6 Å². The molecule has 0 aromatic heterocycles. The van der Waals surface area contributed by atoms with Crippen LogP contribution in [0.2, 0.25) is 0 Å². The first kappa shape index (κ1) is 16.5. The lowest BCUT2D eigenvalue weighted by Crippen LogP contribution is -2.35. The Labute approximate surface area is 131 Å². The molecular weight excluding hydrogens is 281 g/mol. The highest BCUT2D eigenvalue weighted by molar-refractivity contribution is 5.22. The lowest BCUT2D eigenvalue weighted by Gasteiger charge is -2.23. The molecule has 0 saturated carbocycles. The monoisotopic (exact) mass is 303 g/mol. The van der Waals surface area contributed by atoms with E-state index >= 15 is 0 Å². The highest BCUT2D eigenvalue weighted by Gasteiger charge is 2.11. The standard InChI is InChI=1S/C18H22FNO2/c1-2-20(12-15-6-4-3-5-7-15)13-17(21)14-22-18-10-8-16(19)9-11-18/h3-11,17,21H,2,12-14H2,1H3. The molecule has 118 valence electrons. The molecule has 0 saturated heterocycles. The average molecular weight is 303 g/mol. The van der Waals surface area contributed by atoms with Crippen LogP contribution in [0.1, 0.15) is 12.5 Å². The number of aliphatic hydroxyl groups excluding tert-OH is 1. The van der Waals surface area contributed by atoms with Gasteiger partial charge in [-0.05, 0) is 36.4 Å². The summed E-state index contributed by atoms with van der Waals surface area (Å²) in [6.45, 7) is 4.44. The van der Waals surface area contributed by atoms with Crippen molar-refractivity contribution in [3.63, 3.8) is 0 Å². The molecule has 0 aliphatic carbocycles. The minimum atomic E-state index is -0.589. The molecule has 22 heavy (non-hydrogen) atoms. The van der Waals surface area contributed by atoms with Crippen LogP contribution in [-0.2, 0) is 6.54 Å². The van der Waals surface area contributed by atoms with E-state index in [4.69, 9.17) is 4.74 Å². The highest BCUT2D eigenvalue weighted by atomic mass is 19.1. The summed E-state index contributed by atoms with van der Waals surface area (Å²) in [7, 11) is 0. The van der Waals surface area contributed by atoms with E-state index in [1.807, 2.05) is 18.2 Å². The zero-order valence-corrected chi connectivity index (χ0v) is 12.8. The van der Waals surface area contributed by atoms with E-state index in [1.165, 1.54) is 17.7 Å². The van der Waals surface area contributed by atoms with E-state index < -0.39 is 6.10 Å². The third kappa shape index (κ3) is 5.47. The van der Waals surface area contributed by atoms with Crippen LogP contribution in [0.4, 0.5) is 4.39 Å². The maximum atomic E-state index is 12.8. The Morgan fingerprint density at radius 2 is 1.77 bits per heavy atom. The Kier molecular flexibility index (Phi) is 6.37. The summed E-state index contributed by atoms with van der Waals surface area (Å²) in [6.07, 6.45) is -0.589. The molecule has 2 aromatic carbocycles. The fraction of sp³-hybridized carbons (Fsp3) is 0.333. The van der Waals surface area contributed by atoms with Crippen LogP contribution in [0.25, 0.3) is 0 Å². The van der Waals surface area contributed by atoms with Crippen LogP contribution in [0.3, 0.4) is 0 Å². The van der Waals surface area contributed by atoms with Crippen molar-refractivity contribution in [1.82, 2.24) is 4.90 Å².